The summed E-state index contributed by atoms with van der Waals surface area (Å²) in [6.45, 7) is 0. The highest BCUT2D eigenvalue weighted by molar-refractivity contribution is 8.32. The Hall–Kier alpha value is 0.380. The highest BCUT2D eigenvalue weighted by Gasteiger charge is 2.74. The molecule has 1 fully saturated rings. The number of sulfone groups is 1. The molecule has 0 saturated carbocycles. The highest BCUT2D eigenvalue weighted by Crippen LogP contribution is 2.63. The smallest absolute Gasteiger partial charge is 0.216 e. The molecular weight excluding hydrogens is 213 g/mol. The Balaban J connectivity index is 3.09. The van der Waals surface area contributed by atoms with Crippen LogP contribution in [0.1, 0.15) is 0 Å². The molecule has 60 valence electrons. The molecule has 1 saturated heterocycles. The first-order chi connectivity index (χ1) is 4.21. The molecular formula is C2ClF3O2S2. The first-order valence-electron chi connectivity index (χ1n) is 1.91. The molecule has 1 unspecified atom stereocenters. The van der Waals surface area contributed by atoms with E-state index in [-0.39, 0.29) is 0 Å². The Morgan fingerprint density at radius 3 is 1.70 bits per heavy atom. The molecule has 1 rings (SSSR count). The Morgan fingerprint density at radius 1 is 1.30 bits per heavy atom. The quantitative estimate of drug-likeness (QED) is 0.571. The number of hydrogen-bond acceptors (Lipinski definition) is 3. The summed E-state index contributed by atoms with van der Waals surface area (Å²) in [4.78, 5) is 0. The minimum atomic E-state index is -5.11. The monoisotopic (exact) mass is 212 g/mol. The van der Waals surface area contributed by atoms with Crippen molar-refractivity contribution < 1.29 is 21.6 Å². The Morgan fingerprint density at radius 2 is 1.70 bits per heavy atom. The van der Waals surface area contributed by atoms with Gasteiger partial charge in [-0.3, -0.25) is 0 Å². The minimum Gasteiger partial charge on any atom is -0.216 e. The fourth-order valence-corrected chi connectivity index (χ4v) is 3.39. The molecule has 0 aromatic rings. The van der Waals surface area contributed by atoms with Gasteiger partial charge in [-0.15, -0.1) is 0 Å². The molecule has 0 bridgehead atoms. The lowest BCUT2D eigenvalue weighted by Gasteiger charge is -2.33. The van der Waals surface area contributed by atoms with Gasteiger partial charge in [0.1, 0.15) is 0 Å². The average Bonchev–Trinajstić information content (AvgIpc) is 1.61. The van der Waals surface area contributed by atoms with E-state index >= 15 is 0 Å². The Kier molecular flexibility index (Phi) is 1.49. The van der Waals surface area contributed by atoms with Crippen LogP contribution in [0.5, 0.6) is 0 Å². The predicted molar refractivity (Wildman–Crippen MR) is 31.1 cm³/mol. The lowest BCUT2D eigenvalue weighted by atomic mass is 11.6. The second kappa shape index (κ2) is 1.75. The van der Waals surface area contributed by atoms with Crippen molar-refractivity contribution in [2.24, 2.45) is 0 Å². The largest absolute Gasteiger partial charge is 0.403 e. The van der Waals surface area contributed by atoms with Crippen molar-refractivity contribution in [1.82, 2.24) is 0 Å². The van der Waals surface area contributed by atoms with E-state index < -0.39 is 30.0 Å². The van der Waals surface area contributed by atoms with Crippen molar-refractivity contribution in [3.8, 4) is 0 Å². The van der Waals surface area contributed by atoms with E-state index in [9.17, 15) is 21.6 Å². The fraction of sp³-hybridized carbons (Fsp3) is 1.00. The summed E-state index contributed by atoms with van der Waals surface area (Å²) in [6, 6.07) is 0. The maximum atomic E-state index is 12.1. The first-order valence-corrected chi connectivity index (χ1v) is 4.58. The SMILES string of the molecule is O=S1(=O)C(F)(F)SC1(F)Cl. The van der Waals surface area contributed by atoms with Crippen LogP contribution in [0.4, 0.5) is 13.2 Å². The zero-order valence-corrected chi connectivity index (χ0v) is 6.53. The van der Waals surface area contributed by atoms with Gasteiger partial charge in [0.15, 0.2) is 0 Å². The molecule has 0 aliphatic carbocycles. The van der Waals surface area contributed by atoms with Gasteiger partial charge in [0.25, 0.3) is 9.84 Å². The van der Waals surface area contributed by atoms with Crippen LogP contribution in [-0.2, 0) is 9.84 Å². The molecule has 2 nitrogen and oxygen atoms in total. The van der Waals surface area contributed by atoms with E-state index in [1.165, 1.54) is 0 Å². The van der Waals surface area contributed by atoms with Crippen LogP contribution in [0.15, 0.2) is 0 Å². The third-order valence-corrected chi connectivity index (χ3v) is 5.25. The summed E-state index contributed by atoms with van der Waals surface area (Å²) in [7, 11) is -5.11. The van der Waals surface area contributed by atoms with Crippen LogP contribution in [0, 0.1) is 0 Å². The summed E-state index contributed by atoms with van der Waals surface area (Å²) in [5.41, 5.74) is 0. The van der Waals surface area contributed by atoms with Gasteiger partial charge in [-0.25, -0.2) is 8.42 Å². The van der Waals surface area contributed by atoms with Crippen molar-refractivity contribution in [2.75, 3.05) is 0 Å². The van der Waals surface area contributed by atoms with Crippen molar-refractivity contribution in [3.63, 3.8) is 0 Å². The summed E-state index contributed by atoms with van der Waals surface area (Å²) in [5, 5.41) is 0. The lowest BCUT2D eigenvalue weighted by Crippen LogP contribution is -2.50. The molecule has 0 spiro atoms. The number of hydrogen-bond donors (Lipinski definition) is 0. The van der Waals surface area contributed by atoms with Gasteiger partial charge < -0.3 is 0 Å². The van der Waals surface area contributed by atoms with Gasteiger partial charge in [0.2, 0.25) is 0 Å². The first kappa shape index (κ1) is 8.48. The van der Waals surface area contributed by atoms with Crippen molar-refractivity contribution in [1.29, 1.82) is 0 Å². The zero-order valence-electron chi connectivity index (χ0n) is 4.14. The number of rotatable bonds is 0. The van der Waals surface area contributed by atoms with E-state index in [1.807, 2.05) is 0 Å². The van der Waals surface area contributed by atoms with Crippen molar-refractivity contribution in [3.05, 3.63) is 0 Å². The molecule has 1 atom stereocenters. The van der Waals surface area contributed by atoms with Crippen LogP contribution in [0.25, 0.3) is 0 Å². The maximum Gasteiger partial charge on any atom is 0.403 e. The highest BCUT2D eigenvalue weighted by atomic mass is 35.5. The second-order valence-corrected chi connectivity index (χ2v) is 6.38. The van der Waals surface area contributed by atoms with Gasteiger partial charge >= 0.3 is 8.38 Å². The third kappa shape index (κ3) is 0.768. The normalized spacial score (nSPS) is 42.4. The lowest BCUT2D eigenvalue weighted by molar-refractivity contribution is 0.175. The molecule has 10 heavy (non-hydrogen) atoms. The minimum absolute atomic E-state index is 0.728. The molecule has 0 N–H and O–H groups in total. The van der Waals surface area contributed by atoms with Gasteiger partial charge in [-0.05, 0) is 0 Å². The average molecular weight is 213 g/mol. The molecule has 1 aliphatic heterocycles. The number of halogens is 4. The van der Waals surface area contributed by atoms with Gasteiger partial charge in [-0.1, -0.05) is 11.6 Å². The number of alkyl halides is 4. The van der Waals surface area contributed by atoms with Crippen molar-refractivity contribution in [2.45, 2.75) is 8.38 Å². The molecule has 0 aromatic heterocycles. The molecule has 8 heteroatoms. The van der Waals surface area contributed by atoms with Crippen LogP contribution < -0.4 is 0 Å². The van der Waals surface area contributed by atoms with Gasteiger partial charge in [0.05, 0.1) is 0 Å². The molecule has 0 amide bonds. The number of thioether (sulfide) groups is 1. The standard InChI is InChI=1S/C2ClF3O2S2/c3-1(4)9-2(5,6)10(1,7)8. The van der Waals surface area contributed by atoms with Crippen LogP contribution >= 0.6 is 23.4 Å². The zero-order chi connectivity index (χ0) is 8.21. The predicted octanol–water partition coefficient (Wildman–Crippen LogP) is 1.52. The van der Waals surface area contributed by atoms with Crippen LogP contribution in [0.2, 0.25) is 0 Å². The maximum absolute atomic E-state index is 12.1. The van der Waals surface area contributed by atoms with Crippen LogP contribution in [-0.4, -0.2) is 16.8 Å². The summed E-state index contributed by atoms with van der Waals surface area (Å²) in [6.07, 6.45) is 0. The molecule has 0 radical (unpaired) electrons. The van der Waals surface area contributed by atoms with E-state index in [2.05, 4.69) is 11.6 Å². The summed E-state index contributed by atoms with van der Waals surface area (Å²) < 4.78 is 48.7. The Labute approximate surface area is 63.6 Å². The van der Waals surface area contributed by atoms with Gasteiger partial charge in [0, 0.05) is 11.8 Å². The van der Waals surface area contributed by atoms with E-state index in [4.69, 9.17) is 0 Å². The molecule has 0 aromatic carbocycles. The summed E-state index contributed by atoms with van der Waals surface area (Å²) in [5.74, 6) is 0. The third-order valence-electron chi connectivity index (χ3n) is 0.863. The molecule has 1 heterocycles. The Bertz CT molecular complexity index is 238. The van der Waals surface area contributed by atoms with E-state index in [0.717, 1.165) is 0 Å². The van der Waals surface area contributed by atoms with Crippen molar-refractivity contribution >= 4 is 33.2 Å². The fourth-order valence-electron chi connectivity index (χ4n) is 0.352. The summed E-state index contributed by atoms with van der Waals surface area (Å²) >= 11 is 3.78. The van der Waals surface area contributed by atoms with Gasteiger partial charge in [-0.2, -0.15) is 13.2 Å². The van der Waals surface area contributed by atoms with Crippen LogP contribution in [0.3, 0.4) is 0 Å². The van der Waals surface area contributed by atoms with E-state index in [0.29, 0.717) is 0 Å². The van der Waals surface area contributed by atoms with E-state index in [1.54, 1.807) is 0 Å². The molecule has 1 aliphatic rings. The topological polar surface area (TPSA) is 34.1 Å². The second-order valence-electron chi connectivity index (χ2n) is 1.53.